The molecule has 0 aliphatic carbocycles. The average Bonchev–Trinajstić information content (AvgIpc) is 2.98. The molecule has 0 fully saturated rings. The summed E-state index contributed by atoms with van der Waals surface area (Å²) in [6.07, 6.45) is 1.82. The van der Waals surface area contributed by atoms with Crippen molar-refractivity contribution in [1.29, 1.82) is 0 Å². The Morgan fingerprint density at radius 3 is 2.58 bits per heavy atom. The van der Waals surface area contributed by atoms with Gasteiger partial charge in [-0.15, -0.1) is 0 Å². The van der Waals surface area contributed by atoms with Crippen LogP contribution >= 0.6 is 0 Å². The number of benzene rings is 2. The van der Waals surface area contributed by atoms with E-state index in [0.717, 1.165) is 28.2 Å². The highest BCUT2D eigenvalue weighted by molar-refractivity contribution is 5.90. The Hall–Kier alpha value is -3.07. The van der Waals surface area contributed by atoms with Crippen LogP contribution in [-0.4, -0.2) is 9.97 Å². The van der Waals surface area contributed by atoms with Gasteiger partial charge in [0.1, 0.15) is 0 Å². The summed E-state index contributed by atoms with van der Waals surface area (Å²) in [6.45, 7) is 4.13. The second-order valence-corrected chi connectivity index (χ2v) is 6.20. The molecule has 3 nitrogen and oxygen atoms in total. The van der Waals surface area contributed by atoms with Crippen molar-refractivity contribution in [3.05, 3.63) is 72.1 Å². The van der Waals surface area contributed by atoms with Gasteiger partial charge in [-0.05, 0) is 73.0 Å². The van der Waals surface area contributed by atoms with Crippen LogP contribution in [0.3, 0.4) is 0 Å². The maximum absolute atomic E-state index is 5.87. The number of aromatic nitrogens is 2. The second kappa shape index (κ2) is 5.53. The number of pyridine rings is 1. The standard InChI is InChI=1S/C21H19N3/c1-13-10-17(22)6-7-18(13)15-5-8-20-16(11-15)12-21(24-20)19-4-3-9-23-14(19)2/h3-12,24H,22H2,1-2H3. The molecule has 0 bridgehead atoms. The lowest BCUT2D eigenvalue weighted by Gasteiger charge is -2.07. The Balaban J connectivity index is 1.83. The summed E-state index contributed by atoms with van der Waals surface area (Å²) in [5, 5.41) is 1.20. The maximum atomic E-state index is 5.87. The van der Waals surface area contributed by atoms with E-state index in [1.54, 1.807) is 0 Å². The SMILES string of the molecule is Cc1cc(N)ccc1-c1ccc2[nH]c(-c3cccnc3C)cc2c1. The van der Waals surface area contributed by atoms with Crippen molar-refractivity contribution in [2.45, 2.75) is 13.8 Å². The fraction of sp³-hybridized carbons (Fsp3) is 0.0952. The summed E-state index contributed by atoms with van der Waals surface area (Å²) in [5.74, 6) is 0. The fourth-order valence-corrected chi connectivity index (χ4v) is 3.22. The van der Waals surface area contributed by atoms with Crippen LogP contribution in [-0.2, 0) is 0 Å². The molecule has 3 N–H and O–H groups in total. The first kappa shape index (κ1) is 14.5. The molecule has 24 heavy (non-hydrogen) atoms. The van der Waals surface area contributed by atoms with E-state index in [2.05, 4.69) is 53.3 Å². The third kappa shape index (κ3) is 2.44. The van der Waals surface area contributed by atoms with Crippen LogP contribution in [0.1, 0.15) is 11.3 Å². The molecule has 0 aliphatic rings. The molecule has 0 spiro atoms. The van der Waals surface area contributed by atoms with E-state index in [-0.39, 0.29) is 0 Å². The Morgan fingerprint density at radius 2 is 1.79 bits per heavy atom. The summed E-state index contributed by atoms with van der Waals surface area (Å²) in [6, 6.07) is 18.8. The Morgan fingerprint density at radius 1 is 0.917 bits per heavy atom. The number of hydrogen-bond acceptors (Lipinski definition) is 2. The highest BCUT2D eigenvalue weighted by Gasteiger charge is 2.08. The highest BCUT2D eigenvalue weighted by Crippen LogP contribution is 2.31. The first-order valence-corrected chi connectivity index (χ1v) is 8.03. The number of nitrogens with one attached hydrogen (secondary N) is 1. The fourth-order valence-electron chi connectivity index (χ4n) is 3.22. The van der Waals surface area contributed by atoms with Crippen LogP contribution < -0.4 is 5.73 Å². The predicted molar refractivity (Wildman–Crippen MR) is 101 cm³/mol. The summed E-state index contributed by atoms with van der Waals surface area (Å²) >= 11 is 0. The molecular formula is C21H19N3. The molecule has 0 saturated heterocycles. The lowest BCUT2D eigenvalue weighted by molar-refractivity contribution is 1.20. The van der Waals surface area contributed by atoms with Crippen molar-refractivity contribution in [2.24, 2.45) is 0 Å². The van der Waals surface area contributed by atoms with Crippen molar-refractivity contribution in [3.8, 4) is 22.4 Å². The molecule has 4 rings (SSSR count). The molecule has 118 valence electrons. The van der Waals surface area contributed by atoms with Crippen LogP contribution in [0.25, 0.3) is 33.3 Å². The largest absolute Gasteiger partial charge is 0.399 e. The van der Waals surface area contributed by atoms with Gasteiger partial charge in [0.15, 0.2) is 0 Å². The van der Waals surface area contributed by atoms with Gasteiger partial charge in [0, 0.05) is 39.7 Å². The molecule has 0 amide bonds. The zero-order chi connectivity index (χ0) is 16.7. The lowest BCUT2D eigenvalue weighted by Crippen LogP contribution is -1.88. The van der Waals surface area contributed by atoms with Gasteiger partial charge in [-0.25, -0.2) is 0 Å². The van der Waals surface area contributed by atoms with E-state index in [0.29, 0.717) is 0 Å². The van der Waals surface area contributed by atoms with E-state index < -0.39 is 0 Å². The quantitative estimate of drug-likeness (QED) is 0.506. The van der Waals surface area contributed by atoms with Crippen molar-refractivity contribution in [1.82, 2.24) is 9.97 Å². The van der Waals surface area contributed by atoms with Crippen LogP contribution in [0, 0.1) is 13.8 Å². The van der Waals surface area contributed by atoms with Gasteiger partial charge in [0.05, 0.1) is 0 Å². The number of nitrogen functional groups attached to an aromatic ring is 1. The first-order valence-electron chi connectivity index (χ1n) is 8.03. The molecule has 0 unspecified atom stereocenters. The van der Waals surface area contributed by atoms with Crippen LogP contribution in [0.2, 0.25) is 0 Å². The van der Waals surface area contributed by atoms with Crippen molar-refractivity contribution in [2.75, 3.05) is 5.73 Å². The predicted octanol–water partition coefficient (Wildman–Crippen LogP) is 5.10. The van der Waals surface area contributed by atoms with Crippen molar-refractivity contribution in [3.63, 3.8) is 0 Å². The molecule has 0 radical (unpaired) electrons. The third-order valence-electron chi connectivity index (χ3n) is 4.48. The number of nitrogens with two attached hydrogens (primary N) is 1. The van der Waals surface area contributed by atoms with Crippen LogP contribution in [0.4, 0.5) is 5.69 Å². The minimum absolute atomic E-state index is 0.799. The Bertz CT molecular complexity index is 1040. The minimum atomic E-state index is 0.799. The van der Waals surface area contributed by atoms with E-state index in [4.69, 9.17) is 5.73 Å². The van der Waals surface area contributed by atoms with Gasteiger partial charge in [-0.1, -0.05) is 12.1 Å². The van der Waals surface area contributed by atoms with Gasteiger partial charge < -0.3 is 10.7 Å². The number of anilines is 1. The van der Waals surface area contributed by atoms with Crippen LogP contribution in [0.15, 0.2) is 60.8 Å². The first-order chi connectivity index (χ1) is 11.6. The van der Waals surface area contributed by atoms with Crippen molar-refractivity contribution < 1.29 is 0 Å². The van der Waals surface area contributed by atoms with E-state index in [1.165, 1.54) is 22.1 Å². The molecule has 2 aromatic heterocycles. The zero-order valence-corrected chi connectivity index (χ0v) is 13.8. The Labute approximate surface area is 141 Å². The molecule has 0 aliphatic heterocycles. The molecule has 3 heteroatoms. The van der Waals surface area contributed by atoms with E-state index in [1.807, 2.05) is 31.3 Å². The van der Waals surface area contributed by atoms with Gasteiger partial charge in [0.2, 0.25) is 0 Å². The third-order valence-corrected chi connectivity index (χ3v) is 4.48. The van der Waals surface area contributed by atoms with Crippen LogP contribution in [0.5, 0.6) is 0 Å². The average molecular weight is 313 g/mol. The van der Waals surface area contributed by atoms with Crippen molar-refractivity contribution >= 4 is 16.6 Å². The van der Waals surface area contributed by atoms with E-state index in [9.17, 15) is 0 Å². The van der Waals surface area contributed by atoms with Gasteiger partial charge >= 0.3 is 0 Å². The topological polar surface area (TPSA) is 54.7 Å². The minimum Gasteiger partial charge on any atom is -0.399 e. The summed E-state index contributed by atoms with van der Waals surface area (Å²) in [4.78, 5) is 7.87. The number of aromatic amines is 1. The normalized spacial score (nSPS) is 11.1. The second-order valence-electron chi connectivity index (χ2n) is 6.20. The highest BCUT2D eigenvalue weighted by atomic mass is 14.7. The summed E-state index contributed by atoms with van der Waals surface area (Å²) < 4.78 is 0. The maximum Gasteiger partial charge on any atom is 0.0483 e. The smallest absolute Gasteiger partial charge is 0.0483 e. The zero-order valence-electron chi connectivity index (χ0n) is 13.8. The van der Waals surface area contributed by atoms with Gasteiger partial charge in [0.25, 0.3) is 0 Å². The van der Waals surface area contributed by atoms with Gasteiger partial charge in [-0.2, -0.15) is 0 Å². The molecular weight excluding hydrogens is 294 g/mol. The molecule has 0 atom stereocenters. The molecule has 0 saturated carbocycles. The lowest BCUT2D eigenvalue weighted by atomic mass is 9.99. The number of hydrogen-bond donors (Lipinski definition) is 2. The molecule has 2 aromatic carbocycles. The number of fused-ring (bicyclic) bond motifs is 1. The molecule has 2 heterocycles. The molecule has 4 aromatic rings. The van der Waals surface area contributed by atoms with E-state index >= 15 is 0 Å². The number of H-pyrrole nitrogens is 1. The number of aryl methyl sites for hydroxylation is 2. The number of rotatable bonds is 2. The Kier molecular flexibility index (Phi) is 3.35. The van der Waals surface area contributed by atoms with Gasteiger partial charge in [-0.3, -0.25) is 4.98 Å². The summed E-state index contributed by atoms with van der Waals surface area (Å²) in [5.41, 5.74) is 14.7. The summed E-state index contributed by atoms with van der Waals surface area (Å²) in [7, 11) is 0. The number of nitrogens with zero attached hydrogens (tertiary/aromatic N) is 1. The monoisotopic (exact) mass is 313 g/mol.